The van der Waals surface area contributed by atoms with Crippen molar-refractivity contribution < 1.29 is 24.1 Å². The highest BCUT2D eigenvalue weighted by molar-refractivity contribution is 9.10. The van der Waals surface area contributed by atoms with Crippen molar-refractivity contribution in [2.24, 2.45) is 0 Å². The van der Waals surface area contributed by atoms with E-state index in [0.29, 0.717) is 9.86 Å². The Morgan fingerprint density at radius 1 is 1.22 bits per heavy atom. The normalized spacial score (nSPS) is 10.5. The lowest BCUT2D eigenvalue weighted by Crippen LogP contribution is -2.11. The monoisotopic (exact) mass is 328 g/mol. The van der Waals surface area contributed by atoms with Gasteiger partial charge in [0.1, 0.15) is 11.1 Å². The number of rotatable bonds is 2. The quantitative estimate of drug-likeness (QED) is 0.827. The Hall–Kier alpha value is -1.65. The molecule has 0 aliphatic heterocycles. The number of hydrogen-bond donors (Lipinski definition) is 2. The molecule has 0 saturated carbocycles. The zero-order valence-corrected chi connectivity index (χ0v) is 11.2. The van der Waals surface area contributed by atoms with Gasteiger partial charge in [-0.1, -0.05) is 15.9 Å². The zero-order chi connectivity index (χ0) is 13.4. The molecule has 0 amide bonds. The van der Waals surface area contributed by atoms with Crippen molar-refractivity contribution in [3.8, 4) is 5.75 Å². The number of aromatic carboxylic acids is 1. The van der Waals surface area contributed by atoms with Gasteiger partial charge in [-0.15, -0.1) is 0 Å². The van der Waals surface area contributed by atoms with E-state index in [1.807, 2.05) is 0 Å². The lowest BCUT2D eigenvalue weighted by Gasteiger charge is -2.06. The standard InChI is InChI=1S/C11H6BrO5P/c12-6-1-2-7-5(3-6)4-8(11(14)15)10(9(7)13)18(16)17/h1-4,13H,(H,14,15). The molecule has 0 bridgehead atoms. The predicted molar refractivity (Wildman–Crippen MR) is 68.2 cm³/mol. The van der Waals surface area contributed by atoms with Crippen molar-refractivity contribution in [3.63, 3.8) is 0 Å². The molecule has 0 radical (unpaired) electrons. The van der Waals surface area contributed by atoms with Crippen LogP contribution in [0, 0.1) is 0 Å². The number of phenolic OH excluding ortho intramolecular Hbond substituents is 1. The average molecular weight is 329 g/mol. The van der Waals surface area contributed by atoms with Crippen LogP contribution in [0.15, 0.2) is 28.7 Å². The third-order valence-corrected chi connectivity index (χ3v) is 3.77. The first-order valence-corrected chi connectivity index (χ1v) is 6.71. The molecular formula is C11H6BrO5P. The van der Waals surface area contributed by atoms with Crippen LogP contribution in [0.25, 0.3) is 10.8 Å². The topological polar surface area (TPSA) is 91.7 Å². The predicted octanol–water partition coefficient (Wildman–Crippen LogP) is 2.80. The SMILES string of the molecule is O=C(O)c1cc2cc(Br)ccc2c(O)c1P(=O)=O. The fourth-order valence-corrected chi connectivity index (χ4v) is 2.72. The first kappa shape index (κ1) is 12.8. The summed E-state index contributed by atoms with van der Waals surface area (Å²) in [6.07, 6.45) is 0. The van der Waals surface area contributed by atoms with Crippen molar-refractivity contribution >= 4 is 45.7 Å². The van der Waals surface area contributed by atoms with E-state index in [9.17, 15) is 19.0 Å². The number of carboxylic acids is 1. The summed E-state index contributed by atoms with van der Waals surface area (Å²) in [6.45, 7) is 0. The highest BCUT2D eigenvalue weighted by Gasteiger charge is 2.21. The number of benzene rings is 2. The van der Waals surface area contributed by atoms with E-state index in [1.165, 1.54) is 12.1 Å². The van der Waals surface area contributed by atoms with Crippen LogP contribution < -0.4 is 5.30 Å². The molecule has 0 heterocycles. The third kappa shape index (κ3) is 2.05. The second kappa shape index (κ2) is 4.55. The van der Waals surface area contributed by atoms with Gasteiger partial charge in [-0.3, -0.25) is 0 Å². The van der Waals surface area contributed by atoms with E-state index in [1.54, 1.807) is 12.1 Å². The van der Waals surface area contributed by atoms with Gasteiger partial charge in [0.15, 0.2) is 0 Å². The number of carboxylic acid groups (broad SMARTS) is 1. The van der Waals surface area contributed by atoms with Gasteiger partial charge in [0.2, 0.25) is 0 Å². The molecule has 0 atom stereocenters. The molecule has 0 aromatic heterocycles. The number of carbonyl (C=O) groups is 1. The molecule has 0 saturated heterocycles. The Kier molecular flexibility index (Phi) is 3.24. The molecule has 7 heteroatoms. The van der Waals surface area contributed by atoms with Crippen molar-refractivity contribution in [2.45, 2.75) is 0 Å². The maximum atomic E-state index is 11.1. The Balaban J connectivity index is 2.98. The second-order valence-electron chi connectivity index (χ2n) is 3.55. The lowest BCUT2D eigenvalue weighted by molar-refractivity contribution is 0.0698. The second-order valence-corrected chi connectivity index (χ2v) is 5.43. The van der Waals surface area contributed by atoms with E-state index in [-0.39, 0.29) is 5.39 Å². The smallest absolute Gasteiger partial charge is 0.353 e. The first-order valence-electron chi connectivity index (χ1n) is 4.74. The number of aromatic hydroxyl groups is 1. The summed E-state index contributed by atoms with van der Waals surface area (Å²) in [5.74, 6) is -1.94. The van der Waals surface area contributed by atoms with Crippen LogP contribution in [0.4, 0.5) is 0 Å². The minimum Gasteiger partial charge on any atom is -0.506 e. The van der Waals surface area contributed by atoms with Gasteiger partial charge in [-0.05, 0) is 29.7 Å². The van der Waals surface area contributed by atoms with Crippen molar-refractivity contribution in [1.82, 2.24) is 0 Å². The molecule has 5 nitrogen and oxygen atoms in total. The van der Waals surface area contributed by atoms with Crippen molar-refractivity contribution in [1.29, 1.82) is 0 Å². The van der Waals surface area contributed by atoms with Gasteiger partial charge < -0.3 is 10.2 Å². The van der Waals surface area contributed by atoms with Crippen LogP contribution in [-0.2, 0) is 9.13 Å². The van der Waals surface area contributed by atoms with Crippen LogP contribution in [0.3, 0.4) is 0 Å². The summed E-state index contributed by atoms with van der Waals surface area (Å²) >= 11 is 3.22. The molecule has 0 spiro atoms. The number of hydrogen-bond acceptors (Lipinski definition) is 4. The average Bonchev–Trinajstić information content (AvgIpc) is 2.27. The van der Waals surface area contributed by atoms with Crippen LogP contribution in [0.1, 0.15) is 10.4 Å². The molecule has 0 unspecified atom stereocenters. The summed E-state index contributed by atoms with van der Waals surface area (Å²) in [5.41, 5.74) is -0.436. The molecule has 2 rings (SSSR count). The fraction of sp³-hybridized carbons (Fsp3) is 0. The van der Waals surface area contributed by atoms with Crippen molar-refractivity contribution in [2.75, 3.05) is 0 Å². The molecule has 92 valence electrons. The minimum atomic E-state index is -3.19. The Morgan fingerprint density at radius 3 is 2.44 bits per heavy atom. The summed E-state index contributed by atoms with van der Waals surface area (Å²) in [7, 11) is -3.19. The van der Waals surface area contributed by atoms with Gasteiger partial charge in [-0.2, -0.15) is 0 Å². The van der Waals surface area contributed by atoms with Gasteiger partial charge in [-0.25, -0.2) is 13.9 Å². The summed E-state index contributed by atoms with van der Waals surface area (Å²) in [4.78, 5) is 11.0. The maximum Gasteiger partial charge on any atom is 0.353 e. The Morgan fingerprint density at radius 2 is 1.89 bits per heavy atom. The largest absolute Gasteiger partial charge is 0.506 e. The maximum absolute atomic E-state index is 11.1. The Bertz CT molecular complexity index is 728. The van der Waals surface area contributed by atoms with Crippen LogP contribution in [-0.4, -0.2) is 16.2 Å². The highest BCUT2D eigenvalue weighted by atomic mass is 79.9. The Labute approximate surface area is 110 Å². The lowest BCUT2D eigenvalue weighted by atomic mass is 10.1. The fourth-order valence-electron chi connectivity index (χ4n) is 1.70. The van der Waals surface area contributed by atoms with Crippen LogP contribution in [0.2, 0.25) is 0 Å². The van der Waals surface area contributed by atoms with Crippen LogP contribution >= 0.6 is 23.6 Å². The third-order valence-electron chi connectivity index (χ3n) is 2.46. The van der Waals surface area contributed by atoms with E-state index in [0.717, 1.165) is 0 Å². The molecule has 2 N–H and O–H groups in total. The van der Waals surface area contributed by atoms with Gasteiger partial charge in [0.25, 0.3) is 0 Å². The summed E-state index contributed by atoms with van der Waals surface area (Å²) < 4.78 is 22.8. The highest BCUT2D eigenvalue weighted by Crippen LogP contribution is 2.31. The zero-order valence-electron chi connectivity index (χ0n) is 8.75. The number of phenols is 1. The molecular weight excluding hydrogens is 323 g/mol. The molecule has 0 aliphatic carbocycles. The van der Waals surface area contributed by atoms with Gasteiger partial charge in [0.05, 0.1) is 5.56 Å². The molecule has 18 heavy (non-hydrogen) atoms. The number of fused-ring (bicyclic) bond motifs is 1. The van der Waals surface area contributed by atoms with E-state index < -0.39 is 30.3 Å². The van der Waals surface area contributed by atoms with Crippen LogP contribution in [0.5, 0.6) is 5.75 Å². The summed E-state index contributed by atoms with van der Waals surface area (Å²) in [5, 5.41) is 19.0. The van der Waals surface area contributed by atoms with E-state index in [2.05, 4.69) is 15.9 Å². The molecule has 2 aromatic rings. The van der Waals surface area contributed by atoms with Gasteiger partial charge in [0, 0.05) is 9.86 Å². The molecule has 0 fully saturated rings. The number of halogens is 1. The minimum absolute atomic E-state index is 0.289. The molecule has 2 aromatic carbocycles. The van der Waals surface area contributed by atoms with Crippen molar-refractivity contribution in [3.05, 3.63) is 34.3 Å². The van der Waals surface area contributed by atoms with E-state index in [4.69, 9.17) is 5.11 Å². The summed E-state index contributed by atoms with van der Waals surface area (Å²) in [6, 6.07) is 5.97. The first-order chi connectivity index (χ1) is 8.41. The molecule has 0 aliphatic rings. The van der Waals surface area contributed by atoms with E-state index >= 15 is 0 Å². The van der Waals surface area contributed by atoms with Gasteiger partial charge >= 0.3 is 13.6 Å².